The third kappa shape index (κ3) is 4.47. The van der Waals surface area contributed by atoms with Crippen LogP contribution >= 0.6 is 0 Å². The van der Waals surface area contributed by atoms with Crippen molar-refractivity contribution < 1.29 is 9.59 Å². The van der Waals surface area contributed by atoms with Crippen molar-refractivity contribution in [2.45, 2.75) is 20.4 Å². The van der Waals surface area contributed by atoms with Gasteiger partial charge in [-0.2, -0.15) is 0 Å². The number of hydrogen-bond donors (Lipinski definition) is 1. The summed E-state index contributed by atoms with van der Waals surface area (Å²) >= 11 is 0. The number of nitrogens with zero attached hydrogens (tertiary/aromatic N) is 5. The largest absolute Gasteiger partial charge is 0.337 e. The van der Waals surface area contributed by atoms with E-state index in [1.54, 1.807) is 23.4 Å². The number of amides is 3. The van der Waals surface area contributed by atoms with Gasteiger partial charge < -0.3 is 15.1 Å². The van der Waals surface area contributed by atoms with Gasteiger partial charge in [-0.1, -0.05) is 30.3 Å². The zero-order valence-electron chi connectivity index (χ0n) is 20.0. The van der Waals surface area contributed by atoms with E-state index < -0.39 is 0 Å². The van der Waals surface area contributed by atoms with Gasteiger partial charge in [0, 0.05) is 55.4 Å². The van der Waals surface area contributed by atoms with Crippen molar-refractivity contribution in [2.75, 3.05) is 36.0 Å². The number of carbonyl (C=O) groups excluding carboxylic acids is 2. The van der Waals surface area contributed by atoms with Crippen LogP contribution in [0.3, 0.4) is 0 Å². The predicted molar refractivity (Wildman–Crippen MR) is 136 cm³/mol. The number of nitrogens with one attached hydrogen (secondary N) is 1. The van der Waals surface area contributed by atoms with E-state index in [0.717, 1.165) is 27.9 Å². The van der Waals surface area contributed by atoms with Crippen LogP contribution in [0.5, 0.6) is 0 Å². The molecule has 1 aromatic heterocycles. The Balaban J connectivity index is 1.33. The van der Waals surface area contributed by atoms with Gasteiger partial charge in [-0.3, -0.25) is 9.69 Å². The molecule has 3 amide bonds. The van der Waals surface area contributed by atoms with Crippen LogP contribution in [0.15, 0.2) is 61.4 Å². The van der Waals surface area contributed by atoms with Gasteiger partial charge in [0.25, 0.3) is 5.91 Å². The summed E-state index contributed by atoms with van der Waals surface area (Å²) in [5.74, 6) is 0.696. The number of aryl methyl sites for hydroxylation is 2. The number of rotatable bonds is 4. The lowest BCUT2D eigenvalue weighted by Crippen LogP contribution is -2.49. The molecular formula is C27H28N6O2. The second-order valence-electron chi connectivity index (χ2n) is 8.99. The van der Waals surface area contributed by atoms with Gasteiger partial charge in [-0.25, -0.2) is 14.8 Å². The van der Waals surface area contributed by atoms with Crippen LogP contribution in [0.2, 0.25) is 0 Å². The van der Waals surface area contributed by atoms with Crippen LogP contribution in [0, 0.1) is 13.8 Å². The van der Waals surface area contributed by atoms with Crippen LogP contribution in [0.4, 0.5) is 16.4 Å². The minimum absolute atomic E-state index is 0.00507. The predicted octanol–water partition coefficient (Wildman–Crippen LogP) is 3.76. The molecule has 0 atom stereocenters. The van der Waals surface area contributed by atoms with Gasteiger partial charge in [0.05, 0.1) is 12.2 Å². The lowest BCUT2D eigenvalue weighted by atomic mass is 10.0. The molecule has 0 spiro atoms. The van der Waals surface area contributed by atoms with Crippen molar-refractivity contribution in [1.82, 2.24) is 20.2 Å². The fraction of sp³-hybridized carbons (Fsp3) is 0.259. The summed E-state index contributed by atoms with van der Waals surface area (Å²) in [6.07, 6.45) is 3.46. The molecule has 0 radical (unpaired) electrons. The summed E-state index contributed by atoms with van der Waals surface area (Å²) in [6, 6.07) is 13.4. The molecule has 3 heterocycles. The zero-order chi connectivity index (χ0) is 24.5. The SMILES string of the molecule is C=C1NC(=O)N(Cc2ccc(C)c(C(=O)N3CCN(c4ncccn4)CC3)c2)c2ccc(C)cc21. The van der Waals surface area contributed by atoms with Crippen LogP contribution < -0.4 is 15.1 Å². The highest BCUT2D eigenvalue weighted by Gasteiger charge is 2.28. The molecule has 178 valence electrons. The maximum absolute atomic E-state index is 13.4. The van der Waals surface area contributed by atoms with Gasteiger partial charge in [0.15, 0.2) is 0 Å². The number of hydrogen-bond acceptors (Lipinski definition) is 5. The minimum atomic E-state index is -0.223. The highest BCUT2D eigenvalue weighted by molar-refractivity contribution is 6.04. The lowest BCUT2D eigenvalue weighted by Gasteiger charge is -2.35. The number of carbonyl (C=O) groups is 2. The van der Waals surface area contributed by atoms with E-state index in [2.05, 4.69) is 26.8 Å². The molecule has 35 heavy (non-hydrogen) atoms. The van der Waals surface area contributed by atoms with Gasteiger partial charge in [-0.15, -0.1) is 0 Å². The standard InChI is InChI=1S/C27H28N6O2/c1-18-5-8-24-23(15-18)20(3)30-27(35)33(24)17-21-7-6-19(2)22(16-21)25(34)31-11-13-32(14-12-31)26-28-9-4-10-29-26/h4-10,15-16H,3,11-14,17H2,1-2H3,(H,30,35). The first-order valence-corrected chi connectivity index (χ1v) is 11.7. The molecule has 0 unspecified atom stereocenters. The normalized spacial score (nSPS) is 15.7. The van der Waals surface area contributed by atoms with E-state index in [-0.39, 0.29) is 11.9 Å². The maximum atomic E-state index is 13.4. The van der Waals surface area contributed by atoms with Crippen LogP contribution in [0.25, 0.3) is 5.70 Å². The number of aromatic nitrogens is 2. The summed E-state index contributed by atoms with van der Waals surface area (Å²) in [6.45, 7) is 10.9. The Hall–Kier alpha value is -4.20. The van der Waals surface area contributed by atoms with Crippen LogP contribution in [-0.2, 0) is 6.54 Å². The molecule has 2 aliphatic rings. The molecule has 2 aliphatic heterocycles. The molecule has 0 aliphatic carbocycles. The molecule has 8 heteroatoms. The Morgan fingerprint density at radius 2 is 1.77 bits per heavy atom. The third-order valence-corrected chi connectivity index (χ3v) is 6.55. The monoisotopic (exact) mass is 468 g/mol. The second kappa shape index (κ2) is 9.21. The molecule has 2 aromatic carbocycles. The number of fused-ring (bicyclic) bond motifs is 1. The molecule has 5 rings (SSSR count). The number of urea groups is 1. The summed E-state index contributed by atoms with van der Waals surface area (Å²) < 4.78 is 0. The molecule has 0 saturated carbocycles. The topological polar surface area (TPSA) is 81.7 Å². The highest BCUT2D eigenvalue weighted by atomic mass is 16.2. The quantitative estimate of drug-likeness (QED) is 0.631. The first kappa shape index (κ1) is 22.6. The van der Waals surface area contributed by atoms with Crippen molar-refractivity contribution >= 4 is 29.3 Å². The van der Waals surface area contributed by atoms with Gasteiger partial charge >= 0.3 is 6.03 Å². The van der Waals surface area contributed by atoms with E-state index in [4.69, 9.17) is 0 Å². The lowest BCUT2D eigenvalue weighted by molar-refractivity contribution is 0.0745. The van der Waals surface area contributed by atoms with Crippen LogP contribution in [-0.4, -0.2) is 53.0 Å². The summed E-state index contributed by atoms with van der Waals surface area (Å²) in [4.78, 5) is 40.5. The second-order valence-corrected chi connectivity index (χ2v) is 8.99. The fourth-order valence-electron chi connectivity index (χ4n) is 4.57. The smallest absolute Gasteiger partial charge is 0.326 e. The molecule has 1 fully saturated rings. The minimum Gasteiger partial charge on any atom is -0.337 e. The number of benzene rings is 2. The Morgan fingerprint density at radius 1 is 1.03 bits per heavy atom. The molecular weight excluding hydrogens is 440 g/mol. The van der Waals surface area contributed by atoms with E-state index >= 15 is 0 Å². The van der Waals surface area contributed by atoms with E-state index in [0.29, 0.717) is 49.9 Å². The van der Waals surface area contributed by atoms with Gasteiger partial charge in [0.1, 0.15) is 0 Å². The average molecular weight is 469 g/mol. The zero-order valence-corrected chi connectivity index (χ0v) is 20.0. The number of anilines is 2. The van der Waals surface area contributed by atoms with Crippen molar-refractivity contribution in [2.24, 2.45) is 0 Å². The Labute approximate surface area is 204 Å². The Morgan fingerprint density at radius 3 is 2.51 bits per heavy atom. The molecule has 3 aromatic rings. The van der Waals surface area contributed by atoms with Crippen molar-refractivity contribution in [3.8, 4) is 0 Å². The molecule has 1 saturated heterocycles. The first-order valence-electron chi connectivity index (χ1n) is 11.7. The number of piperazine rings is 1. The molecule has 0 bridgehead atoms. The maximum Gasteiger partial charge on any atom is 0.326 e. The fourth-order valence-corrected chi connectivity index (χ4v) is 4.57. The van der Waals surface area contributed by atoms with E-state index in [9.17, 15) is 9.59 Å². The summed E-state index contributed by atoms with van der Waals surface area (Å²) in [5.41, 5.74) is 5.90. The van der Waals surface area contributed by atoms with Gasteiger partial charge in [0.2, 0.25) is 5.95 Å². The van der Waals surface area contributed by atoms with Crippen LogP contribution in [0.1, 0.15) is 32.6 Å². The average Bonchev–Trinajstić information content (AvgIpc) is 2.88. The Kier molecular flexibility index (Phi) is 5.94. The van der Waals surface area contributed by atoms with E-state index in [1.807, 2.05) is 55.1 Å². The van der Waals surface area contributed by atoms with Crippen molar-refractivity contribution in [1.29, 1.82) is 0 Å². The summed E-state index contributed by atoms with van der Waals surface area (Å²) in [7, 11) is 0. The third-order valence-electron chi connectivity index (χ3n) is 6.55. The van der Waals surface area contributed by atoms with E-state index in [1.165, 1.54) is 0 Å². The summed E-state index contributed by atoms with van der Waals surface area (Å²) in [5, 5.41) is 2.85. The van der Waals surface area contributed by atoms with Gasteiger partial charge in [-0.05, 0) is 49.2 Å². The molecule has 8 nitrogen and oxygen atoms in total. The van der Waals surface area contributed by atoms with Crippen molar-refractivity contribution in [3.05, 3.63) is 89.3 Å². The molecule has 1 N–H and O–H groups in total. The first-order chi connectivity index (χ1) is 16.9. The Bertz CT molecular complexity index is 1300. The van der Waals surface area contributed by atoms with Crippen molar-refractivity contribution in [3.63, 3.8) is 0 Å². The highest BCUT2D eigenvalue weighted by Crippen LogP contribution is 2.32.